The van der Waals surface area contributed by atoms with Crippen LogP contribution in [0.4, 0.5) is 39.7 Å². The van der Waals surface area contributed by atoms with Crippen LogP contribution in [0, 0.1) is 11.8 Å². The zero-order chi connectivity index (χ0) is 71.7. The van der Waals surface area contributed by atoms with Gasteiger partial charge in [0.15, 0.2) is 34.0 Å². The molecule has 0 amide bonds. The van der Waals surface area contributed by atoms with E-state index in [1.165, 1.54) is 102 Å². The number of imidazole rings is 2. The van der Waals surface area contributed by atoms with Crippen LogP contribution in [-0.2, 0) is 14.2 Å². The lowest BCUT2D eigenvalue weighted by molar-refractivity contribution is 0.0481. The topological polar surface area (TPSA) is 255 Å². The second-order valence-electron chi connectivity index (χ2n) is 26.5. The summed E-state index contributed by atoms with van der Waals surface area (Å²) in [4.78, 5) is 64.5. The van der Waals surface area contributed by atoms with Gasteiger partial charge in [-0.05, 0) is 153 Å². The summed E-state index contributed by atoms with van der Waals surface area (Å²) in [5, 5.41) is 32.7. The van der Waals surface area contributed by atoms with E-state index >= 15 is 0 Å². The first kappa shape index (κ1) is 82.1. The Bertz CT molecular complexity index is 3470. The molecule has 0 saturated heterocycles. The predicted octanol–water partition coefficient (Wildman–Crippen LogP) is 21.1. The molecule has 0 aliphatic carbocycles. The number of anilines is 6. The van der Waals surface area contributed by atoms with Crippen molar-refractivity contribution in [1.82, 2.24) is 39.0 Å². The molecule has 544 valence electrons. The molecule has 22 heteroatoms. The summed E-state index contributed by atoms with van der Waals surface area (Å²) >= 11 is 12.8. The number of aliphatic hydroxyl groups excluding tert-OH is 1. The van der Waals surface area contributed by atoms with Crippen LogP contribution < -0.4 is 21.3 Å². The highest BCUT2D eigenvalue weighted by atomic mass is 35.5. The zero-order valence-electron chi connectivity index (χ0n) is 60.7. The average Bonchev–Trinajstić information content (AvgIpc) is 1.68. The number of nitrogens with one attached hydrogen (secondary N) is 4. The molecule has 6 aromatic rings. The second-order valence-corrected chi connectivity index (χ2v) is 27.3. The van der Waals surface area contributed by atoms with E-state index in [-0.39, 0.29) is 59.8 Å². The van der Waals surface area contributed by atoms with Gasteiger partial charge in [-0.3, -0.25) is 0 Å². The monoisotopic (exact) mass is 1400 g/mol. The maximum Gasteiger partial charge on any atom is 0.508 e. The lowest BCUT2D eigenvalue weighted by Gasteiger charge is -2.22. The summed E-state index contributed by atoms with van der Waals surface area (Å²) in [7, 11) is 0. The molecule has 0 aliphatic heterocycles. The number of carbonyl (C=O) groups excluding carboxylic acids is 2. The van der Waals surface area contributed by atoms with Gasteiger partial charge in [-0.15, -0.1) is 0 Å². The number of carbonyl (C=O) groups is 3. The van der Waals surface area contributed by atoms with Crippen LogP contribution in [0.1, 0.15) is 256 Å². The van der Waals surface area contributed by atoms with Gasteiger partial charge < -0.3 is 54.8 Å². The van der Waals surface area contributed by atoms with Crippen molar-refractivity contribution in [3.8, 4) is 0 Å². The molecule has 99 heavy (non-hydrogen) atoms. The maximum atomic E-state index is 12.8. The number of aromatic carboxylic acids is 1. The quantitative estimate of drug-likeness (QED) is 0.0118. The summed E-state index contributed by atoms with van der Waals surface area (Å²) in [5.74, 6) is 0.313. The Morgan fingerprint density at radius 3 is 1.31 bits per heavy atom. The number of aliphatic hydroxyl groups is 1. The molecule has 6 N–H and O–H groups in total. The minimum absolute atomic E-state index is 0.00122. The first-order chi connectivity index (χ1) is 47.8. The third-order valence-corrected chi connectivity index (χ3v) is 17.5. The molecule has 0 saturated carbocycles. The number of hydrogen-bond acceptors (Lipinski definition) is 17. The number of esters is 1. The molecule has 0 radical (unpaired) electrons. The Balaban J connectivity index is 0.000000358. The van der Waals surface area contributed by atoms with Crippen LogP contribution in [0.25, 0.3) is 22.3 Å². The normalized spacial score (nSPS) is 12.5. The van der Waals surface area contributed by atoms with Crippen LogP contribution >= 0.6 is 23.2 Å². The first-order valence-corrected chi connectivity index (χ1v) is 37.2. The summed E-state index contributed by atoms with van der Waals surface area (Å²) in [6.45, 7) is 21.5. The molecule has 0 bridgehead atoms. The molecular formula is C77H114Cl2N12O8. The Kier molecular flexibility index (Phi) is 38.8. The lowest BCUT2D eigenvalue weighted by atomic mass is 10.1. The fraction of sp³-hybridized carbons (Fsp3) is 0.571. The highest BCUT2D eigenvalue weighted by molar-refractivity contribution is 6.34. The van der Waals surface area contributed by atoms with Crippen LogP contribution in [0.5, 0.6) is 0 Å². The van der Waals surface area contributed by atoms with Crippen molar-refractivity contribution in [2.75, 3.05) is 47.7 Å². The number of hydrogen-bond donors (Lipinski definition) is 6. The molecular weight excluding hydrogens is 1290 g/mol. The minimum Gasteiger partial charge on any atom is -0.478 e. The Hall–Kier alpha value is -7.55. The van der Waals surface area contributed by atoms with Gasteiger partial charge in [-0.25, -0.2) is 24.4 Å². The van der Waals surface area contributed by atoms with Gasteiger partial charge in [0.1, 0.15) is 6.61 Å². The van der Waals surface area contributed by atoms with E-state index in [0.717, 1.165) is 64.2 Å². The molecule has 2 aromatic carbocycles. The number of aromatic nitrogens is 8. The van der Waals surface area contributed by atoms with Crippen molar-refractivity contribution in [3.63, 3.8) is 0 Å². The number of carboxylic acid groups (broad SMARTS) is 1. The van der Waals surface area contributed by atoms with Gasteiger partial charge in [0.05, 0.1) is 65.7 Å². The van der Waals surface area contributed by atoms with E-state index in [0.29, 0.717) is 81.0 Å². The number of fused-ring (bicyclic) bond motifs is 2. The number of nitrogens with zero attached hydrogens (tertiary/aromatic N) is 8. The van der Waals surface area contributed by atoms with Crippen molar-refractivity contribution in [2.24, 2.45) is 11.8 Å². The molecule has 4 aromatic heterocycles. The van der Waals surface area contributed by atoms with Crippen LogP contribution in [0.3, 0.4) is 0 Å². The largest absolute Gasteiger partial charge is 0.508 e. The number of allylic oxidation sites excluding steroid dienone is 8. The second kappa shape index (κ2) is 46.7. The average molecular weight is 1410 g/mol. The number of benzene rings is 2. The van der Waals surface area contributed by atoms with E-state index in [1.807, 2.05) is 50.7 Å². The van der Waals surface area contributed by atoms with E-state index in [2.05, 4.69) is 118 Å². The van der Waals surface area contributed by atoms with Crippen molar-refractivity contribution >= 4 is 98.5 Å². The van der Waals surface area contributed by atoms with E-state index in [9.17, 15) is 24.6 Å². The SMILES string of the molecule is CCCCC/C=C\C/C=C\CCCCCCCCOC(=O)OC[C@H](Nc1nc(Nc2ccc(C(=O)O)c(Cl)c2)c2ncn(C(C)C)c2n1)C(C)C.CCCCC/C=C\C/C=C\CCCCCCCCOC(=O)c1ccc(Nc2nc(N[C@@H](CO)C(C)C)nc3c2ncn3C(C)C)cc1Cl. The number of rotatable bonds is 47. The first-order valence-electron chi connectivity index (χ1n) is 36.4. The lowest BCUT2D eigenvalue weighted by Crippen LogP contribution is -2.33. The molecule has 0 fully saturated rings. The van der Waals surface area contributed by atoms with Gasteiger partial charge in [0.2, 0.25) is 11.9 Å². The fourth-order valence-corrected chi connectivity index (χ4v) is 11.1. The molecule has 20 nitrogen and oxygen atoms in total. The minimum atomic E-state index is -1.11. The number of unbranched alkanes of at least 4 members (excludes halogenated alkanes) is 18. The van der Waals surface area contributed by atoms with E-state index in [1.54, 1.807) is 36.9 Å². The Labute approximate surface area is 599 Å². The van der Waals surface area contributed by atoms with Crippen LogP contribution in [0.2, 0.25) is 10.0 Å². The maximum absolute atomic E-state index is 12.8. The zero-order valence-corrected chi connectivity index (χ0v) is 62.2. The Morgan fingerprint density at radius 2 is 0.909 bits per heavy atom. The van der Waals surface area contributed by atoms with Gasteiger partial charge in [0.25, 0.3) is 0 Å². The van der Waals surface area contributed by atoms with Crippen molar-refractivity contribution in [1.29, 1.82) is 0 Å². The highest BCUT2D eigenvalue weighted by Crippen LogP contribution is 2.32. The van der Waals surface area contributed by atoms with E-state index < -0.39 is 18.1 Å². The number of carboxylic acids is 1. The summed E-state index contributed by atoms with van der Waals surface area (Å²) in [6, 6.07) is 9.40. The molecule has 0 spiro atoms. The van der Waals surface area contributed by atoms with Gasteiger partial charge >= 0.3 is 18.1 Å². The van der Waals surface area contributed by atoms with Gasteiger partial charge in [-0.1, -0.05) is 190 Å². The number of ether oxygens (including phenoxy) is 3. The summed E-state index contributed by atoms with van der Waals surface area (Å²) in [5.41, 5.74) is 3.93. The third-order valence-electron chi connectivity index (χ3n) is 16.8. The smallest absolute Gasteiger partial charge is 0.478 e. The Morgan fingerprint density at radius 1 is 0.505 bits per heavy atom. The molecule has 4 heterocycles. The van der Waals surface area contributed by atoms with Crippen LogP contribution in [-0.4, -0.2) is 106 Å². The summed E-state index contributed by atoms with van der Waals surface area (Å²) in [6.07, 6.45) is 48.8. The van der Waals surface area contributed by atoms with Gasteiger partial charge in [0, 0.05) is 23.5 Å². The number of halogens is 2. The molecule has 0 aliphatic rings. The van der Waals surface area contributed by atoms with Crippen molar-refractivity contribution in [3.05, 3.63) is 119 Å². The fourth-order valence-electron chi connectivity index (χ4n) is 10.6. The predicted molar refractivity (Wildman–Crippen MR) is 406 cm³/mol. The summed E-state index contributed by atoms with van der Waals surface area (Å²) < 4.78 is 20.3. The van der Waals surface area contributed by atoms with Crippen LogP contribution in [0.15, 0.2) is 97.7 Å². The third kappa shape index (κ3) is 30.1. The van der Waals surface area contributed by atoms with Gasteiger partial charge in [-0.2, -0.15) is 19.9 Å². The highest BCUT2D eigenvalue weighted by Gasteiger charge is 2.23. The molecule has 6 rings (SSSR count). The molecule has 2 atom stereocenters. The van der Waals surface area contributed by atoms with E-state index in [4.69, 9.17) is 47.4 Å². The molecule has 0 unspecified atom stereocenters. The standard InChI is InChI=1S/C39H57ClN6O5.C38H57ClN6O3/c1-6-7-8-9-10-11-12-13-14-15-16-17-18-19-20-21-24-50-39(49)51-26-33(28(2)3)43-38-44-35(34-36(45-38)46(27-41-34)29(4)5)42-30-22-23-31(37(47)48)32(40)25-30;1-6-7-8-9-10-11-12-13-14-15-16-17-18-19-20-21-24-48-37(47)31-23-22-30(25-32(31)39)41-35-34-36(45(27-40-34)29(4)5)44-38(43-35)42-33(26-46)28(2)3/h10-11,13-14,22-23,25,27-29,33H,6-9,12,15-21,24,26H2,1-5H3,(H,47,48)(H2,42,43,44,45);10-11,13-14,22-23,25,27-29,33,46H,6-9,12,15-21,24,26H2,1-5H3,(H2,41,42,43,44)/b2*11-10-,14-13-/t2*33-/m00/s1. The van der Waals surface area contributed by atoms with Crippen molar-refractivity contribution < 1.29 is 38.8 Å². The van der Waals surface area contributed by atoms with Crippen molar-refractivity contribution in [2.45, 2.75) is 248 Å².